The molecule has 0 spiro atoms. The van der Waals surface area contributed by atoms with Gasteiger partial charge in [0.2, 0.25) is 0 Å². The average Bonchev–Trinajstić information content (AvgIpc) is 2.60. The second kappa shape index (κ2) is 3.83. The Morgan fingerprint density at radius 1 is 1.39 bits per heavy atom. The van der Waals surface area contributed by atoms with E-state index in [4.69, 9.17) is 4.74 Å². The number of hydrogen-bond donors (Lipinski definition) is 1. The summed E-state index contributed by atoms with van der Waals surface area (Å²) in [4.78, 5) is 11.7. The highest BCUT2D eigenvalue weighted by Crippen LogP contribution is 2.56. The van der Waals surface area contributed by atoms with Crippen LogP contribution in [0.2, 0.25) is 0 Å². The van der Waals surface area contributed by atoms with Crippen LogP contribution in [0.25, 0.3) is 0 Å². The number of esters is 1. The van der Waals surface area contributed by atoms with Crippen molar-refractivity contribution in [3.8, 4) is 0 Å². The molecule has 5 unspecified atom stereocenters. The lowest BCUT2D eigenvalue weighted by Crippen LogP contribution is -2.53. The van der Waals surface area contributed by atoms with E-state index in [-0.39, 0.29) is 17.5 Å². The summed E-state index contributed by atoms with van der Waals surface area (Å²) in [5, 5.41) is 10.8. The molecule has 0 aromatic carbocycles. The summed E-state index contributed by atoms with van der Waals surface area (Å²) in [6.45, 7) is 6.23. The number of ether oxygens (including phenoxy) is 1. The predicted molar refractivity (Wildman–Crippen MR) is 67.8 cm³/mol. The molecule has 3 aliphatic rings. The van der Waals surface area contributed by atoms with Crippen LogP contribution in [0, 0.1) is 17.3 Å². The topological polar surface area (TPSA) is 46.5 Å². The van der Waals surface area contributed by atoms with Crippen molar-refractivity contribution < 1.29 is 14.6 Å². The van der Waals surface area contributed by atoms with Crippen LogP contribution < -0.4 is 0 Å². The Kier molecular flexibility index (Phi) is 2.60. The summed E-state index contributed by atoms with van der Waals surface area (Å²) in [7, 11) is 0. The summed E-state index contributed by atoms with van der Waals surface area (Å²) < 4.78 is 5.40. The molecule has 0 bridgehead atoms. The number of carbonyl (C=O) groups is 1. The lowest BCUT2D eigenvalue weighted by atomic mass is 9.53. The van der Waals surface area contributed by atoms with Crippen LogP contribution in [-0.4, -0.2) is 23.3 Å². The van der Waals surface area contributed by atoms with Gasteiger partial charge in [0.05, 0.1) is 6.10 Å². The van der Waals surface area contributed by atoms with Crippen LogP contribution in [0.4, 0.5) is 0 Å². The van der Waals surface area contributed by atoms with E-state index in [1.165, 1.54) is 12.8 Å². The summed E-state index contributed by atoms with van der Waals surface area (Å²) in [6.07, 6.45) is 3.79. The minimum absolute atomic E-state index is 0.0840. The summed E-state index contributed by atoms with van der Waals surface area (Å²) in [6, 6.07) is 0. The maximum absolute atomic E-state index is 11.7. The van der Waals surface area contributed by atoms with Crippen molar-refractivity contribution in [1.29, 1.82) is 0 Å². The van der Waals surface area contributed by atoms with Gasteiger partial charge < -0.3 is 9.84 Å². The Morgan fingerprint density at radius 2 is 2.11 bits per heavy atom. The van der Waals surface area contributed by atoms with Crippen molar-refractivity contribution >= 4 is 5.97 Å². The first kappa shape index (κ1) is 12.2. The van der Waals surface area contributed by atoms with Gasteiger partial charge in [-0.3, -0.25) is 0 Å². The van der Waals surface area contributed by atoms with E-state index in [2.05, 4.69) is 13.8 Å². The van der Waals surface area contributed by atoms with Crippen molar-refractivity contribution in [2.24, 2.45) is 17.3 Å². The van der Waals surface area contributed by atoms with E-state index in [0.29, 0.717) is 17.4 Å². The quantitative estimate of drug-likeness (QED) is 0.672. The second-order valence-corrected chi connectivity index (χ2v) is 6.51. The molecule has 0 amide bonds. The molecule has 18 heavy (non-hydrogen) atoms. The van der Waals surface area contributed by atoms with E-state index < -0.39 is 6.10 Å². The van der Waals surface area contributed by atoms with Crippen molar-refractivity contribution in [1.82, 2.24) is 0 Å². The molecule has 0 saturated heterocycles. The third-order valence-corrected chi connectivity index (χ3v) is 5.85. The van der Waals surface area contributed by atoms with Gasteiger partial charge in [-0.15, -0.1) is 0 Å². The van der Waals surface area contributed by atoms with Crippen molar-refractivity contribution in [3.63, 3.8) is 0 Å². The molecule has 0 aromatic heterocycles. The van der Waals surface area contributed by atoms with Gasteiger partial charge in [0.15, 0.2) is 0 Å². The largest absolute Gasteiger partial charge is 0.454 e. The predicted octanol–water partition coefficient (Wildman–Crippen LogP) is 2.44. The molecule has 3 rings (SSSR count). The molecule has 3 heteroatoms. The normalized spacial score (nSPS) is 47.7. The Bertz CT molecular complexity index is 425. The summed E-state index contributed by atoms with van der Waals surface area (Å²) in [5.41, 5.74) is 1.43. The fourth-order valence-electron chi connectivity index (χ4n) is 4.35. The Balaban J connectivity index is 2.04. The molecular formula is C15H22O3. The van der Waals surface area contributed by atoms with Gasteiger partial charge in [-0.1, -0.05) is 26.7 Å². The highest BCUT2D eigenvalue weighted by atomic mass is 16.5. The van der Waals surface area contributed by atoms with Crippen LogP contribution in [0.3, 0.4) is 0 Å². The third kappa shape index (κ3) is 1.37. The molecule has 5 atom stereocenters. The molecule has 2 saturated carbocycles. The molecule has 3 nitrogen and oxygen atoms in total. The first-order chi connectivity index (χ1) is 8.46. The standard InChI is InChI=1S/C15H22O3/c1-8-5-4-6-10-7-11-12(9(2)14(17)18-11)13(16)15(8,10)3/h8,10-11,13,16H,4-7H2,1-3H3. The number of hydrogen-bond acceptors (Lipinski definition) is 3. The van der Waals surface area contributed by atoms with Crippen LogP contribution in [0.15, 0.2) is 11.1 Å². The molecular weight excluding hydrogens is 228 g/mol. The van der Waals surface area contributed by atoms with E-state index in [9.17, 15) is 9.90 Å². The van der Waals surface area contributed by atoms with Gasteiger partial charge in [-0.25, -0.2) is 4.79 Å². The van der Waals surface area contributed by atoms with Crippen LogP contribution in [0.5, 0.6) is 0 Å². The lowest BCUT2D eigenvalue weighted by Gasteiger charge is -2.53. The van der Waals surface area contributed by atoms with Crippen molar-refractivity contribution in [2.45, 2.75) is 58.7 Å². The highest BCUT2D eigenvalue weighted by Gasteiger charge is 2.56. The van der Waals surface area contributed by atoms with Gasteiger partial charge in [0.25, 0.3) is 0 Å². The van der Waals surface area contributed by atoms with Crippen LogP contribution in [-0.2, 0) is 9.53 Å². The van der Waals surface area contributed by atoms with Gasteiger partial charge >= 0.3 is 5.97 Å². The van der Waals surface area contributed by atoms with Gasteiger partial charge in [-0.05, 0) is 31.6 Å². The fraction of sp³-hybridized carbons (Fsp3) is 0.800. The van der Waals surface area contributed by atoms with E-state index in [0.717, 1.165) is 18.4 Å². The van der Waals surface area contributed by atoms with E-state index in [1.54, 1.807) is 6.92 Å². The number of fused-ring (bicyclic) bond motifs is 2. The zero-order valence-corrected chi connectivity index (χ0v) is 11.4. The molecule has 1 heterocycles. The smallest absolute Gasteiger partial charge is 0.334 e. The Labute approximate surface area is 108 Å². The fourth-order valence-corrected chi connectivity index (χ4v) is 4.35. The van der Waals surface area contributed by atoms with Gasteiger partial charge in [0.1, 0.15) is 6.10 Å². The average molecular weight is 250 g/mol. The minimum atomic E-state index is -0.511. The third-order valence-electron chi connectivity index (χ3n) is 5.85. The summed E-state index contributed by atoms with van der Waals surface area (Å²) in [5.74, 6) is 0.746. The zero-order valence-electron chi connectivity index (χ0n) is 11.4. The molecule has 0 radical (unpaired) electrons. The minimum Gasteiger partial charge on any atom is -0.454 e. The zero-order chi connectivity index (χ0) is 13.1. The number of carbonyl (C=O) groups excluding carboxylic acids is 1. The molecule has 1 N–H and O–H groups in total. The maximum atomic E-state index is 11.7. The van der Waals surface area contributed by atoms with E-state index >= 15 is 0 Å². The van der Waals surface area contributed by atoms with Crippen molar-refractivity contribution in [3.05, 3.63) is 11.1 Å². The molecule has 2 fully saturated rings. The number of rotatable bonds is 0. The van der Waals surface area contributed by atoms with Gasteiger partial charge in [0, 0.05) is 16.6 Å². The molecule has 2 aliphatic carbocycles. The first-order valence-electron chi connectivity index (χ1n) is 7.06. The molecule has 0 aromatic rings. The molecule has 100 valence electrons. The highest BCUT2D eigenvalue weighted by molar-refractivity contribution is 5.92. The Hall–Kier alpha value is -0.830. The number of aliphatic hydroxyl groups excluding tert-OH is 1. The SMILES string of the molecule is CC1=C2C(CC3CCCC(C)C3(C)C2O)OC1=O. The summed E-state index contributed by atoms with van der Waals surface area (Å²) >= 11 is 0. The van der Waals surface area contributed by atoms with Crippen LogP contribution in [0.1, 0.15) is 46.5 Å². The molecule has 1 aliphatic heterocycles. The monoisotopic (exact) mass is 250 g/mol. The van der Waals surface area contributed by atoms with Crippen LogP contribution >= 0.6 is 0 Å². The lowest BCUT2D eigenvalue weighted by molar-refractivity contribution is -0.145. The maximum Gasteiger partial charge on any atom is 0.334 e. The first-order valence-corrected chi connectivity index (χ1v) is 7.06. The second-order valence-electron chi connectivity index (χ2n) is 6.51. The van der Waals surface area contributed by atoms with E-state index in [1.807, 2.05) is 0 Å². The van der Waals surface area contributed by atoms with Gasteiger partial charge in [-0.2, -0.15) is 0 Å². The number of aliphatic hydroxyl groups is 1. The Morgan fingerprint density at radius 3 is 2.83 bits per heavy atom. The van der Waals surface area contributed by atoms with Crippen molar-refractivity contribution in [2.75, 3.05) is 0 Å².